The standard InChI is InChI=1S/C38H56O9/c1-10-11-27(41)46-26-14-15-35-20-36(35)17-18-37-21-43-38(32(6,7)42)19-16-33(8,47-38)29(37)28(44-22(2)39)30(45-23(3)40)34(37,9)25(36)13-12-24(35)31(26,4)5/h10-11,24-26,28-30,42H,12-21H2,1-9H3/b11-10+/t24-,25?,26-,28+,29?,30+,33-,34+,35+,36-,37-,38-/m0/s1. The Morgan fingerprint density at radius 2 is 1.47 bits per heavy atom. The third-order valence-corrected chi connectivity index (χ3v) is 15.4. The van der Waals surface area contributed by atoms with Crippen LogP contribution in [0.15, 0.2) is 12.2 Å². The lowest BCUT2D eigenvalue weighted by Gasteiger charge is -2.64. The smallest absolute Gasteiger partial charge is 0.330 e. The highest BCUT2D eigenvalue weighted by Crippen LogP contribution is 2.90. The Labute approximate surface area is 279 Å². The summed E-state index contributed by atoms with van der Waals surface area (Å²) in [7, 11) is 0. The average molecular weight is 657 g/mol. The SMILES string of the molecule is C/C=C/C(=O)O[C@H]1CC[C@]23C[C@]24CC[C@]25CO[C@@]6(C(C)(C)O)CC[C@](C)(O6)C2[C@@H](OC(C)=O)[C@@H](OC(C)=O)[C@@]5(C)C4CC[C@H]3C1(C)C. The molecule has 9 nitrogen and oxygen atoms in total. The third-order valence-electron chi connectivity index (χ3n) is 15.4. The zero-order chi connectivity index (χ0) is 34.2. The van der Waals surface area contributed by atoms with Gasteiger partial charge in [0.05, 0.1) is 12.2 Å². The number of aliphatic hydroxyl groups is 1. The van der Waals surface area contributed by atoms with Gasteiger partial charge in [-0.2, -0.15) is 0 Å². The first-order valence-electron chi connectivity index (χ1n) is 18.0. The van der Waals surface area contributed by atoms with Crippen molar-refractivity contribution in [1.29, 1.82) is 0 Å². The van der Waals surface area contributed by atoms with Gasteiger partial charge in [0.1, 0.15) is 23.9 Å². The Morgan fingerprint density at radius 1 is 0.830 bits per heavy atom. The first kappa shape index (κ1) is 33.5. The molecule has 7 fully saturated rings. The molecule has 2 bridgehead atoms. The minimum absolute atomic E-state index is 0.0422. The number of rotatable bonds is 5. The highest BCUT2D eigenvalue weighted by atomic mass is 16.7. The van der Waals surface area contributed by atoms with E-state index in [2.05, 4.69) is 27.7 Å². The van der Waals surface area contributed by atoms with Crippen LogP contribution in [0.5, 0.6) is 0 Å². The first-order chi connectivity index (χ1) is 21.8. The number of ether oxygens (including phenoxy) is 5. The van der Waals surface area contributed by atoms with Gasteiger partial charge in [0.15, 0.2) is 5.79 Å². The Kier molecular flexibility index (Phi) is 7.17. The lowest BCUT2D eigenvalue weighted by molar-refractivity contribution is -0.316. The van der Waals surface area contributed by atoms with Crippen molar-refractivity contribution in [1.82, 2.24) is 0 Å². The van der Waals surface area contributed by atoms with E-state index in [1.807, 2.05) is 6.92 Å². The summed E-state index contributed by atoms with van der Waals surface area (Å²) >= 11 is 0. The van der Waals surface area contributed by atoms with Crippen LogP contribution in [0.1, 0.15) is 120 Å². The number of hydrogen-bond donors (Lipinski definition) is 1. The van der Waals surface area contributed by atoms with Gasteiger partial charge in [0.2, 0.25) is 0 Å². The minimum atomic E-state index is -1.25. The van der Waals surface area contributed by atoms with Gasteiger partial charge in [0.25, 0.3) is 0 Å². The molecule has 9 heteroatoms. The topological polar surface area (TPSA) is 118 Å². The van der Waals surface area contributed by atoms with Crippen LogP contribution in [0, 0.1) is 44.8 Å². The van der Waals surface area contributed by atoms with Crippen LogP contribution in [-0.2, 0) is 38.1 Å². The van der Waals surface area contributed by atoms with Gasteiger partial charge in [-0.25, -0.2) is 4.79 Å². The van der Waals surface area contributed by atoms with E-state index >= 15 is 0 Å². The first-order valence-corrected chi connectivity index (χ1v) is 18.0. The van der Waals surface area contributed by atoms with Gasteiger partial charge in [-0.15, -0.1) is 0 Å². The summed E-state index contributed by atoms with van der Waals surface area (Å²) < 4.78 is 32.6. The van der Waals surface area contributed by atoms with E-state index in [9.17, 15) is 19.5 Å². The monoisotopic (exact) mass is 656 g/mol. The molecule has 2 saturated heterocycles. The number of carbonyl (C=O) groups is 3. The van der Waals surface area contributed by atoms with Gasteiger partial charge >= 0.3 is 17.9 Å². The van der Waals surface area contributed by atoms with Gasteiger partial charge < -0.3 is 28.8 Å². The van der Waals surface area contributed by atoms with Crippen LogP contribution in [0.25, 0.3) is 0 Å². The highest BCUT2D eigenvalue weighted by molar-refractivity contribution is 5.82. The zero-order valence-electron chi connectivity index (χ0n) is 29.9. The Hall–Kier alpha value is -1.97. The largest absolute Gasteiger partial charge is 0.459 e. The van der Waals surface area contributed by atoms with Crippen LogP contribution < -0.4 is 0 Å². The number of carbonyl (C=O) groups excluding carboxylic acids is 3. The van der Waals surface area contributed by atoms with Crippen LogP contribution in [0.2, 0.25) is 0 Å². The van der Waals surface area contributed by atoms with Crippen LogP contribution in [0.3, 0.4) is 0 Å². The van der Waals surface area contributed by atoms with E-state index in [0.29, 0.717) is 25.4 Å². The molecule has 5 aliphatic carbocycles. The summed E-state index contributed by atoms with van der Waals surface area (Å²) in [5.41, 5.74) is -3.14. The fraction of sp³-hybridized carbons (Fsp3) is 0.868. The van der Waals surface area contributed by atoms with Crippen molar-refractivity contribution in [2.24, 2.45) is 44.8 Å². The summed E-state index contributed by atoms with van der Waals surface area (Å²) in [6, 6.07) is 0. The predicted molar refractivity (Wildman–Crippen MR) is 171 cm³/mol. The zero-order valence-corrected chi connectivity index (χ0v) is 29.9. The Bertz CT molecular complexity index is 1400. The quantitative estimate of drug-likeness (QED) is 0.215. The van der Waals surface area contributed by atoms with E-state index < -0.39 is 46.0 Å². The fourth-order valence-electron chi connectivity index (χ4n) is 13.7. The number of allylic oxidation sites excluding steroid dienone is 1. The van der Waals surface area contributed by atoms with Crippen LogP contribution in [0.4, 0.5) is 0 Å². The Balaban J connectivity index is 1.33. The summed E-state index contributed by atoms with van der Waals surface area (Å²) in [5.74, 6) is -1.93. The molecule has 2 aliphatic heterocycles. The second-order valence-corrected chi connectivity index (χ2v) is 18.0. The van der Waals surface area contributed by atoms with Gasteiger partial charge in [-0.3, -0.25) is 9.59 Å². The molecule has 0 radical (unpaired) electrons. The molecule has 7 aliphatic rings. The predicted octanol–water partition coefficient (Wildman–Crippen LogP) is 6.04. The van der Waals surface area contributed by atoms with Gasteiger partial charge in [-0.1, -0.05) is 26.8 Å². The molecule has 0 amide bonds. The molecule has 1 N–H and O–H groups in total. The van der Waals surface area contributed by atoms with Crippen molar-refractivity contribution >= 4 is 17.9 Å². The van der Waals surface area contributed by atoms with E-state index in [-0.39, 0.29) is 46.1 Å². The lowest BCUT2D eigenvalue weighted by atomic mass is 9.41. The molecule has 47 heavy (non-hydrogen) atoms. The Morgan fingerprint density at radius 3 is 2.11 bits per heavy atom. The van der Waals surface area contributed by atoms with Crippen LogP contribution >= 0.6 is 0 Å². The second kappa shape index (κ2) is 10.1. The summed E-state index contributed by atoms with van der Waals surface area (Å²) in [4.78, 5) is 38.4. The molecular weight excluding hydrogens is 600 g/mol. The third kappa shape index (κ3) is 4.08. The summed E-state index contributed by atoms with van der Waals surface area (Å²) in [5, 5.41) is 11.4. The van der Waals surface area contributed by atoms with Crippen molar-refractivity contribution in [3.8, 4) is 0 Å². The molecule has 7 rings (SSSR count). The number of esters is 3. The normalized spacial score (nSPS) is 50.6. The van der Waals surface area contributed by atoms with Gasteiger partial charge in [0, 0.05) is 48.5 Å². The van der Waals surface area contributed by atoms with Crippen molar-refractivity contribution in [3.63, 3.8) is 0 Å². The molecule has 2 unspecified atom stereocenters. The number of hydrogen-bond acceptors (Lipinski definition) is 9. The van der Waals surface area contributed by atoms with E-state index in [0.717, 1.165) is 44.9 Å². The summed E-state index contributed by atoms with van der Waals surface area (Å²) in [6.07, 6.45) is 9.60. The molecule has 2 heterocycles. The minimum Gasteiger partial charge on any atom is -0.459 e. The number of fused-ring (bicyclic) bond motifs is 4. The molecular formula is C38H56O9. The highest BCUT2D eigenvalue weighted by Gasteiger charge is 2.88. The molecule has 5 saturated carbocycles. The van der Waals surface area contributed by atoms with E-state index in [1.165, 1.54) is 19.9 Å². The van der Waals surface area contributed by atoms with Crippen molar-refractivity contribution < 1.29 is 43.2 Å². The van der Waals surface area contributed by atoms with Crippen molar-refractivity contribution in [2.75, 3.05) is 6.61 Å². The fourth-order valence-corrected chi connectivity index (χ4v) is 13.7. The second-order valence-electron chi connectivity index (χ2n) is 18.0. The molecule has 0 aromatic rings. The molecule has 0 aromatic carbocycles. The molecule has 262 valence electrons. The van der Waals surface area contributed by atoms with Crippen LogP contribution in [-0.4, -0.2) is 64.9 Å². The van der Waals surface area contributed by atoms with E-state index in [1.54, 1.807) is 19.9 Å². The molecule has 12 atom stereocenters. The van der Waals surface area contributed by atoms with Gasteiger partial charge in [-0.05, 0) is 102 Å². The summed E-state index contributed by atoms with van der Waals surface area (Å²) in [6.45, 7) is 17.5. The maximum atomic E-state index is 13.0. The average Bonchev–Trinajstić information content (AvgIpc) is 3.44. The van der Waals surface area contributed by atoms with E-state index in [4.69, 9.17) is 23.7 Å². The lowest BCUT2D eigenvalue weighted by Crippen LogP contribution is -2.63. The van der Waals surface area contributed by atoms with Crippen molar-refractivity contribution in [3.05, 3.63) is 12.2 Å². The maximum Gasteiger partial charge on any atom is 0.330 e. The van der Waals surface area contributed by atoms with Crippen molar-refractivity contribution in [2.45, 2.75) is 155 Å². The maximum absolute atomic E-state index is 13.0. The molecule has 0 aromatic heterocycles. The molecule has 3 spiro atoms.